The van der Waals surface area contributed by atoms with Crippen molar-refractivity contribution in [2.45, 2.75) is 4.90 Å². The van der Waals surface area contributed by atoms with Gasteiger partial charge in [0.2, 0.25) is 15.9 Å². The zero-order valence-electron chi connectivity index (χ0n) is 14.5. The Balaban J connectivity index is 1.51. The largest absolute Gasteiger partial charge is 0.459 e. The molecule has 2 amide bonds. The van der Waals surface area contributed by atoms with Crippen LogP contribution in [0.1, 0.15) is 10.6 Å². The number of carbonyl (C=O) groups is 2. The number of nitrogens with one attached hydrogen (secondary N) is 1. The van der Waals surface area contributed by atoms with Crippen LogP contribution in [0.25, 0.3) is 0 Å². The lowest BCUT2D eigenvalue weighted by atomic mass is 10.2. The third-order valence-electron chi connectivity index (χ3n) is 4.21. The number of nitrogens with two attached hydrogens (primary N) is 1. The molecule has 9 nitrogen and oxygen atoms in total. The lowest BCUT2D eigenvalue weighted by molar-refractivity contribution is -0.117. The average molecular weight is 392 g/mol. The van der Waals surface area contributed by atoms with Crippen LogP contribution in [0.5, 0.6) is 0 Å². The maximum absolute atomic E-state index is 12.2. The number of primary sulfonamides is 1. The summed E-state index contributed by atoms with van der Waals surface area (Å²) in [6.07, 6.45) is 1.46. The molecule has 2 heterocycles. The number of furan rings is 1. The molecule has 2 aromatic rings. The van der Waals surface area contributed by atoms with Gasteiger partial charge in [0.05, 0.1) is 17.7 Å². The minimum atomic E-state index is -3.83. The molecule has 0 bridgehead atoms. The number of nitrogens with zero attached hydrogens (tertiary/aromatic N) is 2. The van der Waals surface area contributed by atoms with Crippen molar-refractivity contribution in [1.29, 1.82) is 0 Å². The van der Waals surface area contributed by atoms with Crippen molar-refractivity contribution in [3.63, 3.8) is 0 Å². The van der Waals surface area contributed by atoms with Crippen LogP contribution in [0.2, 0.25) is 0 Å². The monoisotopic (exact) mass is 392 g/mol. The molecule has 10 heteroatoms. The number of hydrogen-bond donors (Lipinski definition) is 2. The van der Waals surface area contributed by atoms with Crippen molar-refractivity contribution in [2.75, 3.05) is 38.0 Å². The quantitative estimate of drug-likeness (QED) is 0.755. The Kier molecular flexibility index (Phi) is 5.59. The number of anilines is 1. The van der Waals surface area contributed by atoms with Gasteiger partial charge in [-0.15, -0.1) is 0 Å². The maximum atomic E-state index is 12.2. The summed E-state index contributed by atoms with van der Waals surface area (Å²) >= 11 is 0. The second kappa shape index (κ2) is 7.91. The van der Waals surface area contributed by atoms with E-state index in [-0.39, 0.29) is 23.3 Å². The first kappa shape index (κ1) is 19.1. The second-order valence-corrected chi connectivity index (χ2v) is 7.73. The second-order valence-electron chi connectivity index (χ2n) is 6.17. The van der Waals surface area contributed by atoms with Crippen LogP contribution in [-0.2, 0) is 14.8 Å². The first-order valence-electron chi connectivity index (χ1n) is 8.31. The molecule has 1 aliphatic heterocycles. The number of rotatable bonds is 5. The molecule has 144 valence electrons. The van der Waals surface area contributed by atoms with Gasteiger partial charge in [0, 0.05) is 31.9 Å². The van der Waals surface area contributed by atoms with Crippen molar-refractivity contribution < 1.29 is 22.4 Å². The lowest BCUT2D eigenvalue weighted by Gasteiger charge is -2.33. The van der Waals surface area contributed by atoms with Crippen molar-refractivity contribution in [2.24, 2.45) is 5.14 Å². The van der Waals surface area contributed by atoms with E-state index in [1.165, 1.54) is 24.5 Å². The van der Waals surface area contributed by atoms with Crippen molar-refractivity contribution in [3.05, 3.63) is 48.4 Å². The molecule has 0 atom stereocenters. The molecule has 1 fully saturated rings. The summed E-state index contributed by atoms with van der Waals surface area (Å²) in [5.74, 6) is -0.132. The number of hydrogen-bond acceptors (Lipinski definition) is 6. The number of piperazine rings is 1. The Labute approximate surface area is 156 Å². The number of benzene rings is 1. The molecule has 0 spiro atoms. The molecule has 27 heavy (non-hydrogen) atoms. The average Bonchev–Trinajstić information content (AvgIpc) is 3.16. The van der Waals surface area contributed by atoms with Crippen LogP contribution >= 0.6 is 0 Å². The molecule has 1 saturated heterocycles. The van der Waals surface area contributed by atoms with E-state index >= 15 is 0 Å². The highest BCUT2D eigenvalue weighted by molar-refractivity contribution is 7.89. The number of amides is 2. The standard InChI is InChI=1S/C17H20N4O5S/c18-27(24,25)14-4-1-3-13(11-14)19-16(22)12-20-6-8-21(9-7-20)17(23)15-5-2-10-26-15/h1-5,10-11H,6-9,12H2,(H,19,22)(H2,18,24,25). The molecule has 0 aliphatic carbocycles. The van der Waals surface area contributed by atoms with Crippen LogP contribution in [0.3, 0.4) is 0 Å². The molecule has 1 aromatic carbocycles. The maximum Gasteiger partial charge on any atom is 0.289 e. The van der Waals surface area contributed by atoms with E-state index in [1.54, 1.807) is 23.1 Å². The molecule has 1 aliphatic rings. The third-order valence-corrected chi connectivity index (χ3v) is 5.12. The van der Waals surface area contributed by atoms with E-state index in [4.69, 9.17) is 9.56 Å². The van der Waals surface area contributed by atoms with Crippen molar-refractivity contribution in [3.8, 4) is 0 Å². The highest BCUT2D eigenvalue weighted by Gasteiger charge is 2.24. The Morgan fingerprint density at radius 3 is 2.48 bits per heavy atom. The van der Waals surface area contributed by atoms with Crippen LogP contribution in [0, 0.1) is 0 Å². The van der Waals surface area contributed by atoms with Crippen LogP contribution in [0.15, 0.2) is 52.0 Å². The molecule has 3 rings (SSSR count). The van der Waals surface area contributed by atoms with Gasteiger partial charge in [0.1, 0.15) is 0 Å². The smallest absolute Gasteiger partial charge is 0.289 e. The van der Waals surface area contributed by atoms with Gasteiger partial charge in [-0.2, -0.15) is 0 Å². The predicted molar refractivity (Wildman–Crippen MR) is 97.5 cm³/mol. The zero-order valence-corrected chi connectivity index (χ0v) is 15.3. The molecule has 0 unspecified atom stereocenters. The first-order chi connectivity index (χ1) is 12.8. The van der Waals surface area contributed by atoms with Crippen molar-refractivity contribution in [1.82, 2.24) is 9.80 Å². The van der Waals surface area contributed by atoms with Gasteiger partial charge in [-0.25, -0.2) is 13.6 Å². The number of sulfonamides is 1. The fraction of sp³-hybridized carbons (Fsp3) is 0.294. The van der Waals surface area contributed by atoms with Gasteiger partial charge < -0.3 is 14.6 Å². The summed E-state index contributed by atoms with van der Waals surface area (Å²) in [6.45, 7) is 2.23. The van der Waals surface area contributed by atoms with Crippen LogP contribution in [0.4, 0.5) is 5.69 Å². The fourth-order valence-electron chi connectivity index (χ4n) is 2.82. The molecule has 3 N–H and O–H groups in total. The Bertz CT molecular complexity index is 919. The van der Waals surface area contributed by atoms with Gasteiger partial charge >= 0.3 is 0 Å². The third kappa shape index (κ3) is 4.94. The topological polar surface area (TPSA) is 126 Å². The van der Waals surface area contributed by atoms with Crippen LogP contribution in [-0.4, -0.2) is 62.8 Å². The predicted octanol–water partition coefficient (Wildman–Crippen LogP) is 0.323. The SMILES string of the molecule is NS(=O)(=O)c1cccc(NC(=O)CN2CCN(C(=O)c3ccco3)CC2)c1. The zero-order chi connectivity index (χ0) is 19.4. The summed E-state index contributed by atoms with van der Waals surface area (Å²) in [5.41, 5.74) is 0.359. The molecule has 1 aromatic heterocycles. The summed E-state index contributed by atoms with van der Waals surface area (Å²) in [7, 11) is -3.83. The Morgan fingerprint density at radius 2 is 1.85 bits per heavy atom. The minimum absolute atomic E-state index is 0.0645. The van der Waals surface area contributed by atoms with E-state index in [1.807, 2.05) is 4.90 Å². The van der Waals surface area contributed by atoms with E-state index in [9.17, 15) is 18.0 Å². The van der Waals surface area contributed by atoms with Crippen LogP contribution < -0.4 is 10.5 Å². The normalized spacial score (nSPS) is 15.5. The Morgan fingerprint density at radius 1 is 1.11 bits per heavy atom. The Hall–Kier alpha value is -2.69. The van der Waals surface area contributed by atoms with Crippen molar-refractivity contribution >= 4 is 27.5 Å². The molecule has 0 radical (unpaired) electrons. The molecular formula is C17H20N4O5S. The van der Waals surface area contributed by atoms with E-state index < -0.39 is 10.0 Å². The number of carbonyl (C=O) groups excluding carboxylic acids is 2. The van der Waals surface area contributed by atoms with Gasteiger partial charge in [-0.05, 0) is 30.3 Å². The highest BCUT2D eigenvalue weighted by atomic mass is 32.2. The van der Waals surface area contributed by atoms with Gasteiger partial charge in [0.15, 0.2) is 5.76 Å². The lowest BCUT2D eigenvalue weighted by Crippen LogP contribution is -2.50. The first-order valence-corrected chi connectivity index (χ1v) is 9.85. The highest BCUT2D eigenvalue weighted by Crippen LogP contribution is 2.14. The van der Waals surface area contributed by atoms with Gasteiger partial charge in [-0.3, -0.25) is 14.5 Å². The molecular weight excluding hydrogens is 372 g/mol. The summed E-state index contributed by atoms with van der Waals surface area (Å²) in [4.78, 5) is 28.0. The minimum Gasteiger partial charge on any atom is -0.459 e. The van der Waals surface area contributed by atoms with Gasteiger partial charge in [0.25, 0.3) is 5.91 Å². The van der Waals surface area contributed by atoms with E-state index in [0.717, 1.165) is 0 Å². The fourth-order valence-corrected chi connectivity index (χ4v) is 3.38. The summed E-state index contributed by atoms with van der Waals surface area (Å²) in [5, 5.41) is 7.75. The van der Waals surface area contributed by atoms with E-state index in [0.29, 0.717) is 37.6 Å². The van der Waals surface area contributed by atoms with Gasteiger partial charge in [-0.1, -0.05) is 6.07 Å². The summed E-state index contributed by atoms with van der Waals surface area (Å²) < 4.78 is 27.9. The summed E-state index contributed by atoms with van der Waals surface area (Å²) in [6, 6.07) is 9.06. The molecule has 0 saturated carbocycles. The van der Waals surface area contributed by atoms with E-state index in [2.05, 4.69) is 5.32 Å².